The molecule has 0 aliphatic carbocycles. The second kappa shape index (κ2) is 13.9. The molecular weight excluding hydrogens is 657 g/mol. The van der Waals surface area contributed by atoms with E-state index in [1.807, 2.05) is 25.8 Å². The van der Waals surface area contributed by atoms with E-state index in [0.29, 0.717) is 89.5 Å². The second-order valence-electron chi connectivity index (χ2n) is 13.8. The molecule has 2 aliphatic rings. The van der Waals surface area contributed by atoms with Gasteiger partial charge >= 0.3 is 6.01 Å². The van der Waals surface area contributed by atoms with E-state index in [0.717, 1.165) is 6.54 Å². The maximum absolute atomic E-state index is 17.3. The summed E-state index contributed by atoms with van der Waals surface area (Å²) in [6, 6.07) is 7.91. The lowest BCUT2D eigenvalue weighted by molar-refractivity contribution is 0.0447. The summed E-state index contributed by atoms with van der Waals surface area (Å²) in [6.45, 7) is 7.60. The fourth-order valence-electron chi connectivity index (χ4n) is 7.29. The Hall–Kier alpha value is -3.64. The third-order valence-electron chi connectivity index (χ3n) is 9.73. The highest BCUT2D eigenvalue weighted by Gasteiger charge is 2.36. The molecule has 0 amide bonds. The number of anilines is 1. The van der Waals surface area contributed by atoms with Crippen LogP contribution in [0, 0.1) is 17.0 Å². The maximum Gasteiger partial charge on any atom is 0.319 e. The molecule has 1 aromatic heterocycles. The molecule has 2 atom stereocenters. The van der Waals surface area contributed by atoms with E-state index in [4.69, 9.17) is 30.8 Å². The molecule has 0 bridgehead atoms. The van der Waals surface area contributed by atoms with Crippen LogP contribution in [-0.2, 0) is 11.2 Å². The summed E-state index contributed by atoms with van der Waals surface area (Å²) in [5.74, 6) is -0.412. The summed E-state index contributed by atoms with van der Waals surface area (Å²) in [5, 5.41) is 12.5. The number of benzene rings is 3. The van der Waals surface area contributed by atoms with E-state index in [9.17, 15) is 9.50 Å². The molecule has 6 rings (SSSR count). The number of aromatic nitrogens is 2. The summed E-state index contributed by atoms with van der Waals surface area (Å²) in [7, 11) is 3.46. The first-order chi connectivity index (χ1) is 23.4. The van der Waals surface area contributed by atoms with Gasteiger partial charge < -0.3 is 29.1 Å². The van der Waals surface area contributed by atoms with Gasteiger partial charge in [-0.05, 0) is 91.4 Å². The van der Waals surface area contributed by atoms with Crippen LogP contribution in [-0.4, -0.2) is 79.3 Å². The number of β-amino-alcohol motifs (C(OH)–C–C–N with tert-alkyl or cyclic N) is 1. The van der Waals surface area contributed by atoms with Crippen LogP contribution in [0.1, 0.15) is 45.6 Å². The Balaban J connectivity index is 1.56. The minimum absolute atomic E-state index is 0.0205. The molecular formula is C37H42ClF3N4O4. The predicted molar refractivity (Wildman–Crippen MR) is 186 cm³/mol. The van der Waals surface area contributed by atoms with Crippen molar-refractivity contribution in [2.24, 2.45) is 5.41 Å². The van der Waals surface area contributed by atoms with Crippen molar-refractivity contribution >= 4 is 39.1 Å². The third kappa shape index (κ3) is 6.91. The quantitative estimate of drug-likeness (QED) is 0.177. The summed E-state index contributed by atoms with van der Waals surface area (Å²) in [5.41, 5.74) is -0.326. The fraction of sp³-hybridized carbons (Fsp3) is 0.459. The van der Waals surface area contributed by atoms with Gasteiger partial charge in [0, 0.05) is 49.7 Å². The molecule has 49 heavy (non-hydrogen) atoms. The molecule has 0 spiro atoms. The van der Waals surface area contributed by atoms with E-state index in [1.165, 1.54) is 13.2 Å². The van der Waals surface area contributed by atoms with Gasteiger partial charge in [-0.1, -0.05) is 31.5 Å². The zero-order chi connectivity index (χ0) is 35.1. The minimum Gasteiger partial charge on any atom is -0.468 e. The maximum atomic E-state index is 17.3. The van der Waals surface area contributed by atoms with E-state index in [2.05, 4.69) is 9.88 Å². The van der Waals surface area contributed by atoms with Gasteiger partial charge in [0.25, 0.3) is 0 Å². The monoisotopic (exact) mass is 698 g/mol. The summed E-state index contributed by atoms with van der Waals surface area (Å²) < 4.78 is 63.6. The average molecular weight is 699 g/mol. The van der Waals surface area contributed by atoms with Crippen LogP contribution in [0.2, 0.25) is 5.02 Å². The zero-order valence-electron chi connectivity index (χ0n) is 28.5. The SMILES string of the molecule is CCc1c(F)ccc2cc(OCOC)cc(-c3c(Cl)cc4c(N5CCC[C@@](C)(O)C5)nc(OCC5(C)CN(C)CC/C5=C\F)nc4c3F)c12. The Kier molecular flexibility index (Phi) is 10.0. The first kappa shape index (κ1) is 35.2. The number of fused-ring (bicyclic) bond motifs is 2. The van der Waals surface area contributed by atoms with Gasteiger partial charge in [0.15, 0.2) is 12.6 Å². The second-order valence-corrected chi connectivity index (χ2v) is 14.2. The van der Waals surface area contributed by atoms with Gasteiger partial charge in [0.2, 0.25) is 0 Å². The van der Waals surface area contributed by atoms with E-state index in [1.54, 1.807) is 31.2 Å². The molecule has 0 radical (unpaired) electrons. The largest absolute Gasteiger partial charge is 0.468 e. The molecule has 1 N–H and O–H groups in total. The Morgan fingerprint density at radius 3 is 2.59 bits per heavy atom. The van der Waals surface area contributed by atoms with Gasteiger partial charge in [-0.2, -0.15) is 9.97 Å². The normalized spacial score (nSPS) is 22.7. The molecule has 2 fully saturated rings. The van der Waals surface area contributed by atoms with Crippen molar-refractivity contribution in [2.75, 3.05) is 58.6 Å². The van der Waals surface area contributed by atoms with Crippen molar-refractivity contribution in [2.45, 2.75) is 52.1 Å². The Morgan fingerprint density at radius 1 is 1.08 bits per heavy atom. The number of hydrogen-bond donors (Lipinski definition) is 1. The molecule has 0 saturated carbocycles. The number of methoxy groups -OCH3 is 1. The van der Waals surface area contributed by atoms with Gasteiger partial charge in [-0.15, -0.1) is 0 Å². The van der Waals surface area contributed by atoms with Gasteiger partial charge in [0.05, 0.1) is 17.0 Å². The van der Waals surface area contributed by atoms with Crippen LogP contribution in [0.15, 0.2) is 42.2 Å². The highest BCUT2D eigenvalue weighted by Crippen LogP contribution is 2.45. The molecule has 3 heterocycles. The molecule has 12 heteroatoms. The lowest BCUT2D eigenvalue weighted by Crippen LogP contribution is -2.46. The Morgan fingerprint density at radius 2 is 1.88 bits per heavy atom. The van der Waals surface area contributed by atoms with Gasteiger partial charge in [-0.25, -0.2) is 13.2 Å². The standard InChI is InChI=1S/C37H42ClF3N4O4/c1-6-25-29(40)9-8-22-14-24(49-21-47-5)15-26(30(22)25)31-28(38)16-27-33(32(31)41)42-35(43-34(27)45-12-7-11-37(3,46)19-45)48-20-36(2)18-44(4)13-10-23(36)17-39/h8-9,14-17,46H,6-7,10-13,18-21H2,1-5H3/b23-17+/t36?,37-/m1/s1. The Bertz CT molecular complexity index is 1920. The number of rotatable bonds is 9. The van der Waals surface area contributed by atoms with E-state index >= 15 is 8.78 Å². The lowest BCUT2D eigenvalue weighted by Gasteiger charge is -2.40. The van der Waals surface area contributed by atoms with Crippen molar-refractivity contribution in [3.05, 3.63) is 64.5 Å². The molecule has 8 nitrogen and oxygen atoms in total. The summed E-state index contributed by atoms with van der Waals surface area (Å²) in [6.07, 6.45) is 2.84. The number of nitrogens with zero attached hydrogens (tertiary/aromatic N) is 4. The lowest BCUT2D eigenvalue weighted by atomic mass is 9.78. The third-order valence-corrected chi connectivity index (χ3v) is 10.0. The first-order valence-electron chi connectivity index (χ1n) is 16.5. The number of likely N-dealkylation sites (tertiary alicyclic amines) is 1. The van der Waals surface area contributed by atoms with Crippen molar-refractivity contribution in [3.8, 4) is 22.9 Å². The van der Waals surface area contributed by atoms with Crippen molar-refractivity contribution < 1.29 is 32.5 Å². The number of hydrogen-bond acceptors (Lipinski definition) is 8. The van der Waals surface area contributed by atoms with Crippen LogP contribution in [0.4, 0.5) is 19.0 Å². The number of aliphatic hydroxyl groups is 1. The number of piperidine rings is 2. The van der Waals surface area contributed by atoms with E-state index in [-0.39, 0.29) is 42.1 Å². The molecule has 2 aliphatic heterocycles. The molecule has 2 saturated heterocycles. The van der Waals surface area contributed by atoms with Gasteiger partial charge in [-0.3, -0.25) is 0 Å². The van der Waals surface area contributed by atoms with Crippen LogP contribution >= 0.6 is 11.6 Å². The molecule has 1 unspecified atom stereocenters. The van der Waals surface area contributed by atoms with Crippen molar-refractivity contribution in [1.29, 1.82) is 0 Å². The highest BCUT2D eigenvalue weighted by molar-refractivity contribution is 6.35. The predicted octanol–water partition coefficient (Wildman–Crippen LogP) is 7.85. The average Bonchev–Trinajstić information content (AvgIpc) is 3.06. The molecule has 3 aromatic carbocycles. The van der Waals surface area contributed by atoms with Crippen LogP contribution in [0.3, 0.4) is 0 Å². The number of aryl methyl sites for hydroxylation is 1. The summed E-state index contributed by atoms with van der Waals surface area (Å²) >= 11 is 6.97. The van der Waals surface area contributed by atoms with E-state index < -0.39 is 22.7 Å². The van der Waals surface area contributed by atoms with Gasteiger partial charge in [0.1, 0.15) is 29.5 Å². The van der Waals surface area contributed by atoms with Crippen LogP contribution in [0.5, 0.6) is 11.8 Å². The first-order valence-corrected chi connectivity index (χ1v) is 16.9. The minimum atomic E-state index is -0.998. The zero-order valence-corrected chi connectivity index (χ0v) is 29.3. The molecule has 4 aromatic rings. The molecule has 262 valence electrons. The highest BCUT2D eigenvalue weighted by atomic mass is 35.5. The fourth-order valence-corrected chi connectivity index (χ4v) is 7.59. The van der Waals surface area contributed by atoms with Crippen LogP contribution < -0.4 is 14.4 Å². The van der Waals surface area contributed by atoms with Crippen molar-refractivity contribution in [1.82, 2.24) is 14.9 Å². The summed E-state index contributed by atoms with van der Waals surface area (Å²) in [4.78, 5) is 13.3. The number of ether oxygens (including phenoxy) is 3. The number of halogens is 4. The topological polar surface area (TPSA) is 80.2 Å². The Labute approximate surface area is 289 Å². The van der Waals surface area contributed by atoms with Crippen LogP contribution in [0.25, 0.3) is 32.8 Å². The smallest absolute Gasteiger partial charge is 0.319 e. The van der Waals surface area contributed by atoms with Crippen molar-refractivity contribution in [3.63, 3.8) is 0 Å².